The van der Waals surface area contributed by atoms with Crippen molar-refractivity contribution >= 4 is 0 Å². The second-order valence-corrected chi connectivity index (χ2v) is 5.72. The molecule has 0 saturated heterocycles. The van der Waals surface area contributed by atoms with E-state index in [0.29, 0.717) is 5.92 Å². The Bertz CT molecular complexity index is 525. The molecule has 0 aliphatic rings. The molecule has 20 heavy (non-hydrogen) atoms. The molecule has 2 nitrogen and oxygen atoms in total. The lowest BCUT2D eigenvalue weighted by Crippen LogP contribution is -2.17. The summed E-state index contributed by atoms with van der Waals surface area (Å²) in [6.45, 7) is 6.61. The largest absolute Gasteiger partial charge is 0.464 e. The first-order valence-corrected chi connectivity index (χ1v) is 7.48. The topological polar surface area (TPSA) is 25.2 Å². The molecule has 2 rings (SSSR count). The fraction of sp³-hybridized carbons (Fsp3) is 0.444. The Labute approximate surface area is 122 Å². The van der Waals surface area contributed by atoms with Crippen LogP contribution in [0, 0.1) is 5.92 Å². The molecule has 0 amide bonds. The summed E-state index contributed by atoms with van der Waals surface area (Å²) >= 11 is 0. The Morgan fingerprint density at radius 1 is 1.05 bits per heavy atom. The third-order valence-electron chi connectivity index (χ3n) is 3.56. The Morgan fingerprint density at radius 2 is 1.75 bits per heavy atom. The molecule has 1 aromatic heterocycles. The Morgan fingerprint density at radius 3 is 2.25 bits per heavy atom. The van der Waals surface area contributed by atoms with Gasteiger partial charge in [-0.25, -0.2) is 0 Å². The van der Waals surface area contributed by atoms with Crippen LogP contribution >= 0.6 is 0 Å². The zero-order valence-electron chi connectivity index (χ0n) is 12.9. The van der Waals surface area contributed by atoms with E-state index in [1.54, 1.807) is 0 Å². The molecule has 1 unspecified atom stereocenters. The van der Waals surface area contributed by atoms with Crippen molar-refractivity contribution in [3.8, 4) is 0 Å². The first kappa shape index (κ1) is 14.9. The first-order valence-electron chi connectivity index (χ1n) is 7.48. The van der Waals surface area contributed by atoms with Gasteiger partial charge in [0, 0.05) is 6.42 Å². The van der Waals surface area contributed by atoms with Crippen LogP contribution in [0.2, 0.25) is 0 Å². The Kier molecular flexibility index (Phi) is 5.02. The number of furan rings is 1. The molecule has 108 valence electrons. The van der Waals surface area contributed by atoms with E-state index >= 15 is 0 Å². The molecule has 0 fully saturated rings. The van der Waals surface area contributed by atoms with Crippen LogP contribution in [0.5, 0.6) is 0 Å². The van der Waals surface area contributed by atoms with Gasteiger partial charge < -0.3 is 9.73 Å². The molecule has 1 atom stereocenters. The van der Waals surface area contributed by atoms with Gasteiger partial charge in [0.15, 0.2) is 0 Å². The molecular formula is C18H25NO. The average Bonchev–Trinajstić information content (AvgIpc) is 2.90. The third-order valence-corrected chi connectivity index (χ3v) is 3.56. The van der Waals surface area contributed by atoms with Crippen molar-refractivity contribution in [2.24, 2.45) is 5.92 Å². The maximum atomic E-state index is 5.87. The molecule has 1 heterocycles. The SMILES string of the molecule is CCc1ccc(C(NC)c2ccc(CC(C)C)cc2)o1. The highest BCUT2D eigenvalue weighted by Crippen LogP contribution is 2.24. The van der Waals surface area contributed by atoms with Gasteiger partial charge in [-0.15, -0.1) is 0 Å². The van der Waals surface area contributed by atoms with Gasteiger partial charge >= 0.3 is 0 Å². The molecule has 0 spiro atoms. The summed E-state index contributed by atoms with van der Waals surface area (Å²) in [5.74, 6) is 2.72. The fourth-order valence-electron chi connectivity index (χ4n) is 2.53. The quantitative estimate of drug-likeness (QED) is 0.845. The van der Waals surface area contributed by atoms with Crippen molar-refractivity contribution in [2.45, 2.75) is 39.7 Å². The number of hydrogen-bond acceptors (Lipinski definition) is 2. The van der Waals surface area contributed by atoms with E-state index < -0.39 is 0 Å². The van der Waals surface area contributed by atoms with Crippen LogP contribution in [-0.2, 0) is 12.8 Å². The van der Waals surface area contributed by atoms with Crippen molar-refractivity contribution in [1.29, 1.82) is 0 Å². The van der Waals surface area contributed by atoms with Crippen LogP contribution in [0.25, 0.3) is 0 Å². The molecule has 0 aliphatic heterocycles. The number of nitrogens with one attached hydrogen (secondary N) is 1. The summed E-state index contributed by atoms with van der Waals surface area (Å²) < 4.78 is 5.87. The maximum absolute atomic E-state index is 5.87. The second kappa shape index (κ2) is 6.76. The molecule has 0 bridgehead atoms. The van der Waals surface area contributed by atoms with Gasteiger partial charge in [-0.2, -0.15) is 0 Å². The highest BCUT2D eigenvalue weighted by molar-refractivity contribution is 5.30. The van der Waals surface area contributed by atoms with Gasteiger partial charge in [0.05, 0.1) is 6.04 Å². The van der Waals surface area contributed by atoms with Gasteiger partial charge in [0.1, 0.15) is 11.5 Å². The zero-order chi connectivity index (χ0) is 14.5. The minimum Gasteiger partial charge on any atom is -0.464 e. The number of rotatable bonds is 6. The van der Waals surface area contributed by atoms with Gasteiger partial charge in [0.2, 0.25) is 0 Å². The summed E-state index contributed by atoms with van der Waals surface area (Å²) in [5, 5.41) is 3.34. The van der Waals surface area contributed by atoms with E-state index in [4.69, 9.17) is 4.42 Å². The van der Waals surface area contributed by atoms with Gasteiger partial charge in [-0.3, -0.25) is 0 Å². The molecular weight excluding hydrogens is 246 g/mol. The molecule has 0 radical (unpaired) electrons. The van der Waals surface area contributed by atoms with Crippen LogP contribution in [0.1, 0.15) is 49.5 Å². The smallest absolute Gasteiger partial charge is 0.125 e. The predicted molar refractivity (Wildman–Crippen MR) is 84.0 cm³/mol. The van der Waals surface area contributed by atoms with Crippen molar-refractivity contribution in [3.63, 3.8) is 0 Å². The molecule has 2 aromatic rings. The average molecular weight is 271 g/mol. The standard InChI is InChI=1S/C18H25NO/c1-5-16-10-11-17(20-16)18(19-4)15-8-6-14(7-9-15)12-13(2)3/h6-11,13,18-19H,5,12H2,1-4H3. The minimum atomic E-state index is 0.128. The maximum Gasteiger partial charge on any atom is 0.125 e. The van der Waals surface area contributed by atoms with E-state index in [-0.39, 0.29) is 6.04 Å². The van der Waals surface area contributed by atoms with Gasteiger partial charge in [-0.1, -0.05) is 45.0 Å². The number of benzene rings is 1. The van der Waals surface area contributed by atoms with E-state index in [1.165, 1.54) is 11.1 Å². The fourth-order valence-corrected chi connectivity index (χ4v) is 2.53. The van der Waals surface area contributed by atoms with Crippen molar-refractivity contribution in [1.82, 2.24) is 5.32 Å². The highest BCUT2D eigenvalue weighted by atomic mass is 16.3. The first-order chi connectivity index (χ1) is 9.63. The minimum absolute atomic E-state index is 0.128. The summed E-state index contributed by atoms with van der Waals surface area (Å²) in [7, 11) is 1.97. The highest BCUT2D eigenvalue weighted by Gasteiger charge is 2.15. The lowest BCUT2D eigenvalue weighted by molar-refractivity contribution is 0.434. The lowest BCUT2D eigenvalue weighted by Gasteiger charge is -2.15. The molecule has 1 aromatic carbocycles. The van der Waals surface area contributed by atoms with Crippen LogP contribution in [0.3, 0.4) is 0 Å². The molecule has 2 heteroatoms. The van der Waals surface area contributed by atoms with Gasteiger partial charge in [-0.05, 0) is 42.6 Å². The summed E-state index contributed by atoms with van der Waals surface area (Å²) in [4.78, 5) is 0. The van der Waals surface area contributed by atoms with E-state index in [0.717, 1.165) is 24.4 Å². The van der Waals surface area contributed by atoms with Crippen molar-refractivity contribution in [2.75, 3.05) is 7.05 Å². The second-order valence-electron chi connectivity index (χ2n) is 5.72. The van der Waals surface area contributed by atoms with Crippen LogP contribution in [0.15, 0.2) is 40.8 Å². The summed E-state index contributed by atoms with van der Waals surface area (Å²) in [5.41, 5.74) is 2.64. The van der Waals surface area contributed by atoms with Crippen LogP contribution < -0.4 is 5.32 Å². The predicted octanol–water partition coefficient (Wildman–Crippen LogP) is 4.35. The number of hydrogen-bond donors (Lipinski definition) is 1. The van der Waals surface area contributed by atoms with Crippen molar-refractivity contribution < 1.29 is 4.42 Å². The Balaban J connectivity index is 2.18. The molecule has 1 N–H and O–H groups in total. The molecule has 0 aliphatic carbocycles. The van der Waals surface area contributed by atoms with Crippen LogP contribution in [-0.4, -0.2) is 7.05 Å². The van der Waals surface area contributed by atoms with E-state index in [9.17, 15) is 0 Å². The third kappa shape index (κ3) is 3.51. The molecule has 0 saturated carbocycles. The number of aryl methyl sites for hydroxylation is 1. The van der Waals surface area contributed by atoms with E-state index in [2.05, 4.69) is 62.5 Å². The summed E-state index contributed by atoms with van der Waals surface area (Å²) in [6, 6.07) is 13.1. The van der Waals surface area contributed by atoms with Gasteiger partial charge in [0.25, 0.3) is 0 Å². The van der Waals surface area contributed by atoms with E-state index in [1.807, 2.05) is 7.05 Å². The zero-order valence-corrected chi connectivity index (χ0v) is 12.9. The van der Waals surface area contributed by atoms with Crippen LogP contribution in [0.4, 0.5) is 0 Å². The summed E-state index contributed by atoms with van der Waals surface area (Å²) in [6.07, 6.45) is 2.06. The Hall–Kier alpha value is -1.54. The lowest BCUT2D eigenvalue weighted by atomic mass is 9.98. The van der Waals surface area contributed by atoms with Crippen molar-refractivity contribution in [3.05, 3.63) is 59.0 Å². The normalized spacial score (nSPS) is 12.8. The monoisotopic (exact) mass is 271 g/mol.